The van der Waals surface area contributed by atoms with Gasteiger partial charge in [0.1, 0.15) is 5.60 Å². The summed E-state index contributed by atoms with van der Waals surface area (Å²) in [6.07, 6.45) is 0.185. The smallest absolute Gasteiger partial charge is 0.407 e. The highest BCUT2D eigenvalue weighted by Crippen LogP contribution is 2.14. The predicted molar refractivity (Wildman–Crippen MR) is 82.0 cm³/mol. The number of ether oxygens (including phenoxy) is 1. The minimum Gasteiger partial charge on any atom is -0.444 e. The molecule has 1 aromatic rings. The lowest BCUT2D eigenvalue weighted by atomic mass is 9.94. The maximum atomic E-state index is 11.6. The van der Waals surface area contributed by atoms with Gasteiger partial charge in [0.25, 0.3) is 0 Å². The summed E-state index contributed by atoms with van der Waals surface area (Å²) in [5.41, 5.74) is 6.21. The zero-order valence-electron chi connectivity index (χ0n) is 12.5. The molecule has 0 aliphatic heterocycles. The quantitative estimate of drug-likeness (QED) is 0.897. The zero-order valence-corrected chi connectivity index (χ0v) is 13.3. The Bertz CT molecular complexity index is 450. The van der Waals surface area contributed by atoms with Gasteiger partial charge in [-0.1, -0.05) is 23.7 Å². The van der Waals surface area contributed by atoms with Crippen LogP contribution in [-0.4, -0.2) is 23.8 Å². The Kier molecular flexibility index (Phi) is 5.42. The lowest BCUT2D eigenvalue weighted by Crippen LogP contribution is -2.50. The minimum absolute atomic E-state index is 0.338. The molecule has 0 aromatic heterocycles. The maximum Gasteiger partial charge on any atom is 0.407 e. The second kappa shape index (κ2) is 6.46. The van der Waals surface area contributed by atoms with Gasteiger partial charge in [-0.3, -0.25) is 0 Å². The normalized spacial score (nSPS) is 14.5. The van der Waals surface area contributed by atoms with Crippen LogP contribution in [0.4, 0.5) is 4.79 Å². The highest BCUT2D eigenvalue weighted by Gasteiger charge is 2.22. The van der Waals surface area contributed by atoms with Crippen LogP contribution in [0.3, 0.4) is 0 Å². The van der Waals surface area contributed by atoms with Crippen molar-refractivity contribution in [2.45, 2.75) is 45.3 Å². The van der Waals surface area contributed by atoms with E-state index in [1.54, 1.807) is 0 Å². The van der Waals surface area contributed by atoms with Gasteiger partial charge in [0.15, 0.2) is 0 Å². The zero-order chi connectivity index (χ0) is 15.4. The molecule has 0 saturated heterocycles. The molecule has 1 unspecified atom stereocenters. The van der Waals surface area contributed by atoms with Gasteiger partial charge in [0.05, 0.1) is 0 Å². The van der Waals surface area contributed by atoms with E-state index >= 15 is 0 Å². The van der Waals surface area contributed by atoms with Crippen molar-refractivity contribution in [1.29, 1.82) is 0 Å². The monoisotopic (exact) mass is 298 g/mol. The average Bonchev–Trinajstić information content (AvgIpc) is 2.27. The van der Waals surface area contributed by atoms with E-state index in [4.69, 9.17) is 22.1 Å². The fourth-order valence-corrected chi connectivity index (χ4v) is 1.85. The van der Waals surface area contributed by atoms with Gasteiger partial charge >= 0.3 is 6.09 Å². The number of alkyl carbamates (subject to hydrolysis) is 1. The number of amides is 1. The molecule has 5 heteroatoms. The SMILES string of the molecule is CC(N)(CNC(=O)OC(C)(C)C)Cc1ccc(Cl)cc1. The molecule has 1 aromatic carbocycles. The molecule has 1 rings (SSSR count). The fourth-order valence-electron chi connectivity index (χ4n) is 1.72. The number of nitrogens with two attached hydrogens (primary N) is 1. The average molecular weight is 299 g/mol. The molecule has 112 valence electrons. The number of carbonyl (C=O) groups is 1. The van der Waals surface area contributed by atoms with E-state index in [9.17, 15) is 4.79 Å². The summed E-state index contributed by atoms with van der Waals surface area (Å²) in [6.45, 7) is 7.69. The van der Waals surface area contributed by atoms with Crippen LogP contribution in [0.15, 0.2) is 24.3 Å². The van der Waals surface area contributed by atoms with Crippen LogP contribution in [0, 0.1) is 0 Å². The number of nitrogens with one attached hydrogen (secondary N) is 1. The van der Waals surface area contributed by atoms with Crippen LogP contribution < -0.4 is 11.1 Å². The van der Waals surface area contributed by atoms with Crippen molar-refractivity contribution in [3.63, 3.8) is 0 Å². The fraction of sp³-hybridized carbons (Fsp3) is 0.533. The second-order valence-electron chi connectivity index (χ2n) is 6.31. The number of carbonyl (C=O) groups excluding carboxylic acids is 1. The molecule has 1 amide bonds. The standard InChI is InChI=1S/C15H23ClN2O2/c1-14(2,3)20-13(19)18-10-15(4,17)9-11-5-7-12(16)8-6-11/h5-8H,9-10,17H2,1-4H3,(H,18,19). The Balaban J connectivity index is 2.49. The van der Waals surface area contributed by atoms with Gasteiger partial charge in [-0.15, -0.1) is 0 Å². The molecule has 4 nitrogen and oxygen atoms in total. The first-order chi connectivity index (χ1) is 9.07. The summed E-state index contributed by atoms with van der Waals surface area (Å²) in [4.78, 5) is 11.6. The van der Waals surface area contributed by atoms with E-state index in [1.807, 2.05) is 52.0 Å². The Labute approximate surface area is 125 Å². The first-order valence-electron chi connectivity index (χ1n) is 6.58. The Morgan fingerprint density at radius 3 is 2.30 bits per heavy atom. The lowest BCUT2D eigenvalue weighted by Gasteiger charge is -2.26. The Morgan fingerprint density at radius 2 is 1.80 bits per heavy atom. The Hall–Kier alpha value is -1.26. The number of benzene rings is 1. The van der Waals surface area contributed by atoms with Crippen molar-refractivity contribution < 1.29 is 9.53 Å². The molecule has 1 atom stereocenters. The lowest BCUT2D eigenvalue weighted by molar-refractivity contribution is 0.0516. The van der Waals surface area contributed by atoms with E-state index in [0.717, 1.165) is 5.56 Å². The maximum absolute atomic E-state index is 11.6. The topological polar surface area (TPSA) is 64.3 Å². The molecule has 0 aliphatic rings. The van der Waals surface area contributed by atoms with Gasteiger partial charge in [0, 0.05) is 17.1 Å². The van der Waals surface area contributed by atoms with Crippen molar-refractivity contribution >= 4 is 17.7 Å². The second-order valence-corrected chi connectivity index (χ2v) is 6.75. The third-order valence-electron chi connectivity index (χ3n) is 2.56. The van der Waals surface area contributed by atoms with E-state index in [2.05, 4.69) is 5.32 Å². The van der Waals surface area contributed by atoms with E-state index < -0.39 is 17.2 Å². The summed E-state index contributed by atoms with van der Waals surface area (Å²) in [6, 6.07) is 7.52. The van der Waals surface area contributed by atoms with E-state index in [1.165, 1.54) is 0 Å². The minimum atomic E-state index is -0.551. The van der Waals surface area contributed by atoms with Crippen LogP contribution in [0.1, 0.15) is 33.3 Å². The van der Waals surface area contributed by atoms with Gasteiger partial charge < -0.3 is 15.8 Å². The van der Waals surface area contributed by atoms with E-state index in [-0.39, 0.29) is 0 Å². The van der Waals surface area contributed by atoms with Crippen molar-refractivity contribution in [3.05, 3.63) is 34.9 Å². The summed E-state index contributed by atoms with van der Waals surface area (Å²) in [5, 5.41) is 3.39. The van der Waals surface area contributed by atoms with Crippen LogP contribution in [0.25, 0.3) is 0 Å². The summed E-state index contributed by atoms with van der Waals surface area (Å²) in [5.74, 6) is 0. The number of hydrogen-bond acceptors (Lipinski definition) is 3. The molecular weight excluding hydrogens is 276 g/mol. The van der Waals surface area contributed by atoms with Gasteiger partial charge in [-0.2, -0.15) is 0 Å². The Morgan fingerprint density at radius 1 is 1.25 bits per heavy atom. The van der Waals surface area contributed by atoms with Gasteiger partial charge in [-0.25, -0.2) is 4.79 Å². The van der Waals surface area contributed by atoms with Crippen LogP contribution >= 0.6 is 11.6 Å². The molecular formula is C15H23ClN2O2. The molecule has 0 aliphatic carbocycles. The van der Waals surface area contributed by atoms with Crippen LogP contribution in [0.2, 0.25) is 5.02 Å². The van der Waals surface area contributed by atoms with Crippen LogP contribution in [-0.2, 0) is 11.2 Å². The van der Waals surface area contributed by atoms with Crippen molar-refractivity contribution in [3.8, 4) is 0 Å². The molecule has 0 fully saturated rings. The number of rotatable bonds is 4. The van der Waals surface area contributed by atoms with E-state index in [0.29, 0.717) is 18.0 Å². The van der Waals surface area contributed by atoms with Gasteiger partial charge in [0.2, 0.25) is 0 Å². The molecule has 0 bridgehead atoms. The third kappa shape index (κ3) is 6.78. The summed E-state index contributed by atoms with van der Waals surface area (Å²) in [7, 11) is 0. The highest BCUT2D eigenvalue weighted by atomic mass is 35.5. The first-order valence-corrected chi connectivity index (χ1v) is 6.95. The molecule has 0 heterocycles. The largest absolute Gasteiger partial charge is 0.444 e. The number of hydrogen-bond donors (Lipinski definition) is 2. The summed E-state index contributed by atoms with van der Waals surface area (Å²) >= 11 is 5.84. The van der Waals surface area contributed by atoms with Crippen molar-refractivity contribution in [2.24, 2.45) is 5.73 Å². The summed E-state index contributed by atoms with van der Waals surface area (Å²) < 4.78 is 5.18. The van der Waals surface area contributed by atoms with Crippen molar-refractivity contribution in [1.82, 2.24) is 5.32 Å². The first kappa shape index (κ1) is 16.8. The van der Waals surface area contributed by atoms with Crippen LogP contribution in [0.5, 0.6) is 0 Å². The van der Waals surface area contributed by atoms with Gasteiger partial charge in [-0.05, 0) is 51.8 Å². The molecule has 20 heavy (non-hydrogen) atoms. The highest BCUT2D eigenvalue weighted by molar-refractivity contribution is 6.30. The molecule has 0 spiro atoms. The third-order valence-corrected chi connectivity index (χ3v) is 2.81. The molecule has 0 saturated carbocycles. The van der Waals surface area contributed by atoms with Crippen molar-refractivity contribution in [2.75, 3.05) is 6.54 Å². The predicted octanol–water partition coefficient (Wildman–Crippen LogP) is 3.12. The molecule has 3 N–H and O–H groups in total. The molecule has 0 radical (unpaired) electrons. The number of halogens is 1.